The number of aromatic amines is 1. The highest BCUT2D eigenvalue weighted by Gasteiger charge is 2.23. The highest BCUT2D eigenvalue weighted by molar-refractivity contribution is 5.35. The molecule has 2 aliphatic heterocycles. The van der Waals surface area contributed by atoms with E-state index in [1.165, 1.54) is 30.5 Å². The lowest BCUT2D eigenvalue weighted by molar-refractivity contribution is 0.277. The molecule has 1 N–H and O–H groups in total. The van der Waals surface area contributed by atoms with E-state index in [-0.39, 0.29) is 5.56 Å². The third kappa shape index (κ3) is 4.25. The lowest BCUT2D eigenvalue weighted by Crippen LogP contribution is -2.27. The summed E-state index contributed by atoms with van der Waals surface area (Å²) in [6.07, 6.45) is 6.30. The van der Waals surface area contributed by atoms with Crippen molar-refractivity contribution in [1.29, 1.82) is 0 Å². The van der Waals surface area contributed by atoms with Gasteiger partial charge in [-0.05, 0) is 39.5 Å². The molecule has 4 rings (SSSR count). The fraction of sp³-hybridized carbons (Fsp3) is 0.682. The van der Waals surface area contributed by atoms with E-state index in [2.05, 4.69) is 40.2 Å². The van der Waals surface area contributed by atoms with Gasteiger partial charge in [-0.15, -0.1) is 0 Å². The Bertz CT molecular complexity index is 909. The van der Waals surface area contributed by atoms with Crippen LogP contribution in [0, 0.1) is 13.8 Å². The molecule has 0 aromatic carbocycles. The van der Waals surface area contributed by atoms with Crippen molar-refractivity contribution in [3.05, 3.63) is 38.6 Å². The molecule has 2 aromatic heterocycles. The third-order valence-electron chi connectivity index (χ3n) is 6.47. The maximum absolute atomic E-state index is 12.7. The average molecular weight is 399 g/mol. The second kappa shape index (κ2) is 8.69. The molecule has 0 saturated carbocycles. The van der Waals surface area contributed by atoms with E-state index in [4.69, 9.17) is 10.1 Å². The van der Waals surface area contributed by atoms with Crippen molar-refractivity contribution < 1.29 is 0 Å². The zero-order valence-electron chi connectivity index (χ0n) is 18.1. The summed E-state index contributed by atoms with van der Waals surface area (Å²) >= 11 is 0. The number of aromatic nitrogens is 4. The predicted octanol–water partition coefficient (Wildman–Crippen LogP) is 2.58. The first kappa shape index (κ1) is 20.1. The van der Waals surface area contributed by atoms with E-state index in [0.29, 0.717) is 0 Å². The van der Waals surface area contributed by atoms with Gasteiger partial charge >= 0.3 is 0 Å². The standard InChI is InChI=1S/C22H34N6O/c1-4-5-12-28-17(3)19(16(2)25-28)15-26-13-8-18-20(9-14-26)23-22(24-21(18)29)27-10-6-7-11-27/h4-15H2,1-3H3,(H,23,24,29). The van der Waals surface area contributed by atoms with Crippen molar-refractivity contribution in [3.8, 4) is 0 Å². The molecule has 0 amide bonds. The molecule has 7 nitrogen and oxygen atoms in total. The predicted molar refractivity (Wildman–Crippen MR) is 116 cm³/mol. The van der Waals surface area contributed by atoms with Crippen LogP contribution in [0.1, 0.15) is 60.8 Å². The summed E-state index contributed by atoms with van der Waals surface area (Å²) < 4.78 is 2.16. The first-order chi connectivity index (χ1) is 14.1. The summed E-state index contributed by atoms with van der Waals surface area (Å²) in [5.41, 5.74) is 5.68. The van der Waals surface area contributed by atoms with Gasteiger partial charge in [0, 0.05) is 62.5 Å². The fourth-order valence-electron chi connectivity index (χ4n) is 4.59. The zero-order valence-corrected chi connectivity index (χ0v) is 18.1. The molecule has 158 valence electrons. The monoisotopic (exact) mass is 398 g/mol. The first-order valence-corrected chi connectivity index (χ1v) is 11.2. The molecular formula is C22H34N6O. The van der Waals surface area contributed by atoms with Crippen molar-refractivity contribution >= 4 is 5.95 Å². The highest BCUT2D eigenvalue weighted by Crippen LogP contribution is 2.21. The number of hydrogen-bond acceptors (Lipinski definition) is 5. The van der Waals surface area contributed by atoms with Crippen LogP contribution in [0.4, 0.5) is 5.95 Å². The zero-order chi connectivity index (χ0) is 20.4. The van der Waals surface area contributed by atoms with Crippen LogP contribution in [0.15, 0.2) is 4.79 Å². The molecule has 0 atom stereocenters. The van der Waals surface area contributed by atoms with Gasteiger partial charge in [0.1, 0.15) is 0 Å². The highest BCUT2D eigenvalue weighted by atomic mass is 16.1. The summed E-state index contributed by atoms with van der Waals surface area (Å²) in [5.74, 6) is 0.767. The number of aryl methyl sites for hydroxylation is 2. The van der Waals surface area contributed by atoms with Gasteiger partial charge in [-0.3, -0.25) is 19.4 Å². The molecule has 0 unspecified atom stereocenters. The molecule has 0 spiro atoms. The molecule has 2 aromatic rings. The molecule has 29 heavy (non-hydrogen) atoms. The minimum absolute atomic E-state index is 0.0542. The van der Waals surface area contributed by atoms with E-state index in [9.17, 15) is 4.79 Å². The Labute approximate surface area is 173 Å². The quantitative estimate of drug-likeness (QED) is 0.810. The number of nitrogens with zero attached hydrogens (tertiary/aromatic N) is 5. The summed E-state index contributed by atoms with van der Waals surface area (Å²) in [6, 6.07) is 0. The lowest BCUT2D eigenvalue weighted by atomic mass is 10.1. The smallest absolute Gasteiger partial charge is 0.255 e. The van der Waals surface area contributed by atoms with E-state index < -0.39 is 0 Å². The minimum atomic E-state index is 0.0542. The molecule has 0 aliphatic carbocycles. The molecule has 7 heteroatoms. The minimum Gasteiger partial charge on any atom is -0.342 e. The van der Waals surface area contributed by atoms with Crippen LogP contribution in [-0.2, 0) is 25.9 Å². The molecule has 2 aliphatic rings. The third-order valence-corrected chi connectivity index (χ3v) is 6.47. The van der Waals surface area contributed by atoms with E-state index in [1.807, 2.05) is 0 Å². The van der Waals surface area contributed by atoms with Crippen LogP contribution >= 0.6 is 0 Å². The Morgan fingerprint density at radius 1 is 1.07 bits per heavy atom. The van der Waals surface area contributed by atoms with Gasteiger partial charge < -0.3 is 4.90 Å². The number of unbranched alkanes of at least 4 members (excludes halogenated alkanes) is 1. The molecule has 1 fully saturated rings. The van der Waals surface area contributed by atoms with Gasteiger partial charge in [-0.2, -0.15) is 5.10 Å². The maximum Gasteiger partial charge on any atom is 0.255 e. The van der Waals surface area contributed by atoms with E-state index >= 15 is 0 Å². The summed E-state index contributed by atoms with van der Waals surface area (Å²) in [7, 11) is 0. The number of H-pyrrole nitrogens is 1. The van der Waals surface area contributed by atoms with Gasteiger partial charge in [0.25, 0.3) is 5.56 Å². The van der Waals surface area contributed by atoms with E-state index in [1.54, 1.807) is 0 Å². The molecule has 0 radical (unpaired) electrons. The Morgan fingerprint density at radius 3 is 2.59 bits per heavy atom. The molecular weight excluding hydrogens is 364 g/mol. The molecule has 1 saturated heterocycles. The van der Waals surface area contributed by atoms with Crippen molar-refractivity contribution in [2.24, 2.45) is 0 Å². The second-order valence-corrected chi connectivity index (χ2v) is 8.51. The molecule has 4 heterocycles. The van der Waals surface area contributed by atoms with Crippen LogP contribution in [0.5, 0.6) is 0 Å². The average Bonchev–Trinajstić information content (AvgIpc) is 3.27. The maximum atomic E-state index is 12.7. The van der Waals surface area contributed by atoms with Gasteiger partial charge in [0.05, 0.1) is 11.4 Å². The van der Waals surface area contributed by atoms with Crippen LogP contribution in [0.2, 0.25) is 0 Å². The van der Waals surface area contributed by atoms with Gasteiger partial charge in [-0.1, -0.05) is 13.3 Å². The van der Waals surface area contributed by atoms with Crippen molar-refractivity contribution in [2.45, 2.75) is 72.4 Å². The number of fused-ring (bicyclic) bond motifs is 1. The van der Waals surface area contributed by atoms with Crippen LogP contribution in [0.25, 0.3) is 0 Å². The topological polar surface area (TPSA) is 70.1 Å². The number of hydrogen-bond donors (Lipinski definition) is 1. The van der Waals surface area contributed by atoms with Crippen molar-refractivity contribution in [1.82, 2.24) is 24.6 Å². The largest absolute Gasteiger partial charge is 0.342 e. The Kier molecular flexibility index (Phi) is 6.04. The molecule has 0 bridgehead atoms. The second-order valence-electron chi connectivity index (χ2n) is 8.51. The van der Waals surface area contributed by atoms with Gasteiger partial charge in [0.2, 0.25) is 5.95 Å². The Balaban J connectivity index is 1.48. The number of nitrogens with one attached hydrogen (secondary N) is 1. The van der Waals surface area contributed by atoms with Gasteiger partial charge in [-0.25, -0.2) is 4.98 Å². The van der Waals surface area contributed by atoms with E-state index in [0.717, 1.165) is 81.4 Å². The van der Waals surface area contributed by atoms with Crippen molar-refractivity contribution in [2.75, 3.05) is 31.1 Å². The normalized spacial score (nSPS) is 17.6. The Morgan fingerprint density at radius 2 is 1.83 bits per heavy atom. The Hall–Kier alpha value is -2.15. The number of anilines is 1. The van der Waals surface area contributed by atoms with Crippen LogP contribution in [-0.4, -0.2) is 50.8 Å². The SMILES string of the molecule is CCCCn1nc(C)c(CN2CCc3nc(N4CCCC4)[nH]c(=O)c3CC2)c1C. The fourth-order valence-corrected chi connectivity index (χ4v) is 4.59. The number of rotatable bonds is 6. The summed E-state index contributed by atoms with van der Waals surface area (Å²) in [4.78, 5) is 25.3. The lowest BCUT2D eigenvalue weighted by Gasteiger charge is -2.20. The van der Waals surface area contributed by atoms with Gasteiger partial charge in [0.15, 0.2) is 0 Å². The summed E-state index contributed by atoms with van der Waals surface area (Å²) in [6.45, 7) is 12.2. The van der Waals surface area contributed by atoms with Crippen LogP contribution in [0.3, 0.4) is 0 Å². The summed E-state index contributed by atoms with van der Waals surface area (Å²) in [5, 5.41) is 4.76. The van der Waals surface area contributed by atoms with Crippen LogP contribution < -0.4 is 10.5 Å². The first-order valence-electron chi connectivity index (χ1n) is 11.2. The van der Waals surface area contributed by atoms with Crippen molar-refractivity contribution in [3.63, 3.8) is 0 Å².